The Labute approximate surface area is 141 Å². The molecule has 0 amide bonds. The number of halogens is 1. The molecule has 0 bridgehead atoms. The van der Waals surface area contributed by atoms with Gasteiger partial charge in [-0.15, -0.1) is 0 Å². The second-order valence-corrected chi connectivity index (χ2v) is 7.04. The first-order chi connectivity index (χ1) is 10.7. The van der Waals surface area contributed by atoms with Gasteiger partial charge in [0.2, 0.25) is 0 Å². The predicted molar refractivity (Wildman–Crippen MR) is 96.0 cm³/mol. The van der Waals surface area contributed by atoms with Gasteiger partial charge < -0.3 is 4.74 Å². The van der Waals surface area contributed by atoms with Crippen molar-refractivity contribution < 1.29 is 4.74 Å². The number of hydrogen-bond donors (Lipinski definition) is 0. The number of benzene rings is 2. The molecule has 0 spiro atoms. The zero-order chi connectivity index (χ0) is 15.5. The summed E-state index contributed by atoms with van der Waals surface area (Å²) in [6.07, 6.45) is 2.42. The summed E-state index contributed by atoms with van der Waals surface area (Å²) in [7, 11) is 0. The van der Waals surface area contributed by atoms with Crippen LogP contribution in [0, 0.1) is 0 Å². The highest BCUT2D eigenvalue weighted by atomic mass is 79.9. The van der Waals surface area contributed by atoms with E-state index in [9.17, 15) is 0 Å². The molecule has 2 nitrogen and oxygen atoms in total. The third-order valence-electron chi connectivity index (χ3n) is 4.39. The van der Waals surface area contributed by atoms with Crippen molar-refractivity contribution in [3.05, 3.63) is 45.4 Å². The van der Waals surface area contributed by atoms with Crippen LogP contribution in [0.1, 0.15) is 43.4 Å². The molecule has 1 aliphatic rings. The van der Waals surface area contributed by atoms with Gasteiger partial charge in [0.25, 0.3) is 0 Å². The van der Waals surface area contributed by atoms with Crippen molar-refractivity contribution in [3.8, 4) is 0 Å². The maximum Gasteiger partial charge on any atom is 0.0731 e. The highest BCUT2D eigenvalue weighted by Crippen LogP contribution is 2.34. The second-order valence-electron chi connectivity index (χ2n) is 6.13. The third kappa shape index (κ3) is 3.22. The van der Waals surface area contributed by atoms with Crippen LogP contribution in [0.25, 0.3) is 10.8 Å². The summed E-state index contributed by atoms with van der Waals surface area (Å²) in [4.78, 5) is 2.57. The highest BCUT2D eigenvalue weighted by Gasteiger charge is 2.20. The lowest BCUT2D eigenvalue weighted by molar-refractivity contribution is 0.134. The number of nitrogens with zero attached hydrogens (tertiary/aromatic N) is 1. The minimum Gasteiger partial charge on any atom is -0.372 e. The number of rotatable bonds is 6. The molecule has 0 fully saturated rings. The Bertz CT molecular complexity index is 662. The monoisotopic (exact) mass is 361 g/mol. The molecule has 1 heterocycles. The van der Waals surface area contributed by atoms with E-state index < -0.39 is 0 Å². The molecule has 118 valence electrons. The molecule has 0 N–H and O–H groups in total. The SMILES string of the molecule is CCCN(CCC)Cc1cc2ccc(Br)cc2c2c1COC2. The van der Waals surface area contributed by atoms with Gasteiger partial charge in [-0.2, -0.15) is 0 Å². The van der Waals surface area contributed by atoms with Crippen molar-refractivity contribution >= 4 is 26.7 Å². The van der Waals surface area contributed by atoms with Crippen molar-refractivity contribution in [2.45, 2.75) is 46.4 Å². The van der Waals surface area contributed by atoms with E-state index in [2.05, 4.69) is 58.9 Å². The Kier molecular flexibility index (Phi) is 5.17. The maximum atomic E-state index is 5.77. The highest BCUT2D eigenvalue weighted by molar-refractivity contribution is 9.10. The summed E-state index contributed by atoms with van der Waals surface area (Å²) in [6.45, 7) is 9.40. The fourth-order valence-electron chi connectivity index (χ4n) is 3.43. The number of ether oxygens (including phenoxy) is 1. The number of hydrogen-bond acceptors (Lipinski definition) is 2. The molecule has 0 aromatic heterocycles. The Morgan fingerprint density at radius 1 is 1.05 bits per heavy atom. The van der Waals surface area contributed by atoms with Gasteiger partial charge in [-0.05, 0) is 71.6 Å². The van der Waals surface area contributed by atoms with Gasteiger partial charge in [0.05, 0.1) is 13.2 Å². The molecule has 0 aliphatic carbocycles. The minimum atomic E-state index is 0.748. The zero-order valence-corrected chi connectivity index (χ0v) is 15.1. The van der Waals surface area contributed by atoms with Gasteiger partial charge in [-0.25, -0.2) is 0 Å². The van der Waals surface area contributed by atoms with Gasteiger partial charge >= 0.3 is 0 Å². The molecule has 0 radical (unpaired) electrons. The molecular weight excluding hydrogens is 338 g/mol. The molecule has 0 saturated carbocycles. The predicted octanol–water partition coefficient (Wildman–Crippen LogP) is 5.25. The van der Waals surface area contributed by atoms with Gasteiger partial charge in [0.15, 0.2) is 0 Å². The van der Waals surface area contributed by atoms with Crippen molar-refractivity contribution in [2.24, 2.45) is 0 Å². The van der Waals surface area contributed by atoms with Crippen molar-refractivity contribution in [2.75, 3.05) is 13.1 Å². The van der Waals surface area contributed by atoms with Crippen LogP contribution in [0.5, 0.6) is 0 Å². The average molecular weight is 362 g/mol. The topological polar surface area (TPSA) is 12.5 Å². The normalized spacial score (nSPS) is 14.0. The summed E-state index contributed by atoms with van der Waals surface area (Å²) in [6, 6.07) is 8.94. The molecule has 0 atom stereocenters. The lowest BCUT2D eigenvalue weighted by Gasteiger charge is -2.23. The summed E-state index contributed by atoms with van der Waals surface area (Å²) >= 11 is 3.59. The zero-order valence-electron chi connectivity index (χ0n) is 13.5. The molecule has 0 saturated heterocycles. The van der Waals surface area contributed by atoms with E-state index >= 15 is 0 Å². The first kappa shape index (κ1) is 16.0. The van der Waals surface area contributed by atoms with Crippen molar-refractivity contribution in [1.29, 1.82) is 0 Å². The summed E-state index contributed by atoms with van der Waals surface area (Å²) in [5.41, 5.74) is 4.26. The van der Waals surface area contributed by atoms with E-state index in [4.69, 9.17) is 4.74 Å². The van der Waals surface area contributed by atoms with Crippen LogP contribution in [-0.2, 0) is 24.5 Å². The van der Waals surface area contributed by atoms with Gasteiger partial charge in [0, 0.05) is 11.0 Å². The molecule has 0 unspecified atom stereocenters. The smallest absolute Gasteiger partial charge is 0.0731 e. The van der Waals surface area contributed by atoms with Gasteiger partial charge in [-0.3, -0.25) is 4.90 Å². The molecule has 2 aromatic carbocycles. The maximum absolute atomic E-state index is 5.77. The van der Waals surface area contributed by atoms with Crippen LogP contribution >= 0.6 is 15.9 Å². The summed E-state index contributed by atoms with van der Waals surface area (Å²) < 4.78 is 6.91. The first-order valence-electron chi connectivity index (χ1n) is 8.26. The Morgan fingerprint density at radius 2 is 1.77 bits per heavy atom. The van der Waals surface area contributed by atoms with Crippen LogP contribution in [0.4, 0.5) is 0 Å². The van der Waals surface area contributed by atoms with Crippen molar-refractivity contribution in [3.63, 3.8) is 0 Å². The average Bonchev–Trinajstić information content (AvgIpc) is 2.98. The Hall–Kier alpha value is -0.900. The molecule has 1 aliphatic heterocycles. The van der Waals surface area contributed by atoms with Crippen LogP contribution < -0.4 is 0 Å². The molecule has 3 heteroatoms. The van der Waals surface area contributed by atoms with Gasteiger partial charge in [-0.1, -0.05) is 35.8 Å². The molecule has 2 aromatic rings. The fraction of sp³-hybridized carbons (Fsp3) is 0.474. The molecular formula is C19H24BrNO. The first-order valence-corrected chi connectivity index (χ1v) is 9.05. The van der Waals surface area contributed by atoms with E-state index in [0.29, 0.717) is 0 Å². The Morgan fingerprint density at radius 3 is 2.50 bits per heavy atom. The van der Waals surface area contributed by atoms with E-state index in [1.165, 1.54) is 53.4 Å². The minimum absolute atomic E-state index is 0.748. The summed E-state index contributed by atoms with van der Waals surface area (Å²) in [5, 5.41) is 2.67. The number of fused-ring (bicyclic) bond motifs is 3. The summed E-state index contributed by atoms with van der Waals surface area (Å²) in [5.74, 6) is 0. The third-order valence-corrected chi connectivity index (χ3v) is 4.88. The van der Waals surface area contributed by atoms with E-state index in [1.807, 2.05) is 0 Å². The lowest BCUT2D eigenvalue weighted by Crippen LogP contribution is -2.25. The van der Waals surface area contributed by atoms with E-state index in [0.717, 1.165) is 24.2 Å². The molecule has 22 heavy (non-hydrogen) atoms. The van der Waals surface area contributed by atoms with Crippen LogP contribution in [0.3, 0.4) is 0 Å². The van der Waals surface area contributed by atoms with Crippen LogP contribution in [0.2, 0.25) is 0 Å². The quantitative estimate of drug-likeness (QED) is 0.696. The fourth-order valence-corrected chi connectivity index (χ4v) is 3.79. The van der Waals surface area contributed by atoms with Crippen LogP contribution in [-0.4, -0.2) is 18.0 Å². The van der Waals surface area contributed by atoms with Gasteiger partial charge in [0.1, 0.15) is 0 Å². The molecule has 3 rings (SSSR count). The van der Waals surface area contributed by atoms with Crippen molar-refractivity contribution in [1.82, 2.24) is 4.90 Å². The Balaban J connectivity index is 2.01. The van der Waals surface area contributed by atoms with E-state index in [-0.39, 0.29) is 0 Å². The second kappa shape index (κ2) is 7.12. The standard InChI is InChI=1S/C19H24BrNO/c1-3-7-21(8-4-2)11-15-9-14-5-6-16(20)10-17(14)19-13-22-12-18(15)19/h5-6,9-10H,3-4,7-8,11-13H2,1-2H3. The van der Waals surface area contributed by atoms with Crippen LogP contribution in [0.15, 0.2) is 28.7 Å². The van der Waals surface area contributed by atoms with E-state index in [1.54, 1.807) is 0 Å². The largest absolute Gasteiger partial charge is 0.372 e. The lowest BCUT2D eigenvalue weighted by atomic mass is 9.95.